The molecule has 1 aliphatic heterocycles. The van der Waals surface area contributed by atoms with Crippen LogP contribution in [0.3, 0.4) is 0 Å². The average molecular weight is 373 g/mol. The van der Waals surface area contributed by atoms with Crippen molar-refractivity contribution in [2.45, 2.75) is 6.92 Å². The highest BCUT2D eigenvalue weighted by atomic mass is 35.5. The predicted molar refractivity (Wildman–Crippen MR) is 101 cm³/mol. The molecule has 0 radical (unpaired) electrons. The molecule has 1 aliphatic rings. The van der Waals surface area contributed by atoms with Gasteiger partial charge in [0.2, 0.25) is 0 Å². The van der Waals surface area contributed by atoms with Gasteiger partial charge in [0, 0.05) is 45.5 Å². The van der Waals surface area contributed by atoms with Crippen molar-refractivity contribution in [3.63, 3.8) is 0 Å². The maximum Gasteiger partial charge on any atom is 0.193 e. The molecule has 1 fully saturated rings. The molecule has 0 aliphatic carbocycles. The Kier molecular flexibility index (Phi) is 6.74. The lowest BCUT2D eigenvalue weighted by Crippen LogP contribution is -2.53. The van der Waals surface area contributed by atoms with Crippen LogP contribution >= 0.6 is 11.6 Å². The topological polar surface area (TPSA) is 65.0 Å². The summed E-state index contributed by atoms with van der Waals surface area (Å²) in [4.78, 5) is 8.67. The third-order valence-electron chi connectivity index (χ3n) is 4.12. The van der Waals surface area contributed by atoms with E-state index in [9.17, 15) is 8.42 Å². The first-order valence-electron chi connectivity index (χ1n) is 8.12. The molecule has 134 valence electrons. The first-order valence-corrected chi connectivity index (χ1v) is 10.3. The monoisotopic (exact) mass is 372 g/mol. The van der Waals surface area contributed by atoms with E-state index in [-0.39, 0.29) is 11.5 Å². The van der Waals surface area contributed by atoms with Crippen LogP contribution in [0, 0.1) is 0 Å². The van der Waals surface area contributed by atoms with Crippen LogP contribution in [0.5, 0.6) is 0 Å². The van der Waals surface area contributed by atoms with Crippen molar-refractivity contribution in [3.8, 4) is 0 Å². The molecule has 0 aromatic heterocycles. The van der Waals surface area contributed by atoms with Crippen LogP contribution in [0.1, 0.15) is 6.92 Å². The van der Waals surface area contributed by atoms with Gasteiger partial charge in [0.25, 0.3) is 0 Å². The van der Waals surface area contributed by atoms with Crippen molar-refractivity contribution in [2.24, 2.45) is 4.99 Å². The first-order chi connectivity index (χ1) is 11.5. The number of rotatable bonds is 5. The largest absolute Gasteiger partial charge is 0.367 e. The van der Waals surface area contributed by atoms with Crippen LogP contribution in [0.4, 0.5) is 5.69 Å². The van der Waals surface area contributed by atoms with Crippen LogP contribution < -0.4 is 10.2 Å². The van der Waals surface area contributed by atoms with Crippen molar-refractivity contribution < 1.29 is 8.42 Å². The Labute approximate surface area is 149 Å². The number of halogens is 1. The molecule has 8 heteroatoms. The van der Waals surface area contributed by atoms with E-state index < -0.39 is 9.84 Å². The van der Waals surface area contributed by atoms with Crippen LogP contribution in [0.25, 0.3) is 0 Å². The zero-order chi connectivity index (χ0) is 17.6. The minimum absolute atomic E-state index is 0.127. The summed E-state index contributed by atoms with van der Waals surface area (Å²) in [5, 5.41) is 3.91. The number of hydrogen-bond donors (Lipinski definition) is 1. The fourth-order valence-electron chi connectivity index (χ4n) is 2.66. The van der Waals surface area contributed by atoms with E-state index in [2.05, 4.69) is 20.1 Å². The molecule has 0 saturated carbocycles. The first kappa shape index (κ1) is 18.9. The molecule has 1 aromatic rings. The fraction of sp³-hybridized carbons (Fsp3) is 0.562. The Hall–Kier alpha value is -1.47. The van der Waals surface area contributed by atoms with Crippen molar-refractivity contribution in [1.29, 1.82) is 0 Å². The van der Waals surface area contributed by atoms with Gasteiger partial charge in [-0.15, -0.1) is 0 Å². The summed E-state index contributed by atoms with van der Waals surface area (Å²) in [6, 6.07) is 7.85. The summed E-state index contributed by atoms with van der Waals surface area (Å²) in [6.45, 7) is 5.36. The standard InChI is InChI=1S/C16H25ClN4O2S/c1-3-24(22,23)13-8-19-16(18-2)21-11-9-20(10-12-21)15-7-5-4-6-14(15)17/h4-7H,3,8-13H2,1-2H3,(H,18,19). The van der Waals surface area contributed by atoms with Gasteiger partial charge >= 0.3 is 0 Å². The van der Waals surface area contributed by atoms with Crippen molar-refractivity contribution in [3.05, 3.63) is 29.3 Å². The van der Waals surface area contributed by atoms with Gasteiger partial charge in [-0.1, -0.05) is 30.7 Å². The normalized spacial score (nSPS) is 16.4. The highest BCUT2D eigenvalue weighted by molar-refractivity contribution is 7.91. The summed E-state index contributed by atoms with van der Waals surface area (Å²) in [5.74, 6) is 1.05. The number of nitrogens with one attached hydrogen (secondary N) is 1. The Morgan fingerprint density at radius 3 is 2.50 bits per heavy atom. The molecule has 24 heavy (non-hydrogen) atoms. The molecular weight excluding hydrogens is 348 g/mol. The lowest BCUT2D eigenvalue weighted by atomic mass is 10.2. The second kappa shape index (κ2) is 8.58. The van der Waals surface area contributed by atoms with Crippen molar-refractivity contribution in [2.75, 3.05) is 56.2 Å². The van der Waals surface area contributed by atoms with E-state index in [4.69, 9.17) is 11.6 Å². The van der Waals surface area contributed by atoms with Gasteiger partial charge in [0.05, 0.1) is 16.5 Å². The van der Waals surface area contributed by atoms with Crippen molar-refractivity contribution in [1.82, 2.24) is 10.2 Å². The van der Waals surface area contributed by atoms with Gasteiger partial charge in [0.1, 0.15) is 0 Å². The molecule has 0 unspecified atom stereocenters. The number of hydrogen-bond acceptors (Lipinski definition) is 4. The molecule has 2 rings (SSSR count). The second-order valence-corrected chi connectivity index (χ2v) is 8.52. The van der Waals surface area contributed by atoms with E-state index in [1.165, 1.54) is 0 Å². The van der Waals surface area contributed by atoms with Crippen LogP contribution in [-0.4, -0.2) is 70.6 Å². The average Bonchev–Trinajstić information content (AvgIpc) is 2.59. The van der Waals surface area contributed by atoms with Gasteiger partial charge < -0.3 is 15.1 Å². The number of para-hydroxylation sites is 1. The molecule has 1 heterocycles. The van der Waals surface area contributed by atoms with E-state index in [0.29, 0.717) is 6.54 Å². The van der Waals surface area contributed by atoms with Crippen LogP contribution in [0.2, 0.25) is 5.02 Å². The van der Waals surface area contributed by atoms with E-state index in [0.717, 1.165) is 42.8 Å². The summed E-state index contributed by atoms with van der Waals surface area (Å²) < 4.78 is 23.1. The molecule has 0 atom stereocenters. The minimum Gasteiger partial charge on any atom is -0.367 e. The number of sulfone groups is 1. The number of guanidine groups is 1. The Balaban J connectivity index is 1.87. The quantitative estimate of drug-likeness (QED) is 0.626. The summed E-state index contributed by atoms with van der Waals surface area (Å²) in [6.07, 6.45) is 0. The maximum atomic E-state index is 11.6. The highest BCUT2D eigenvalue weighted by Crippen LogP contribution is 2.25. The van der Waals surface area contributed by atoms with E-state index >= 15 is 0 Å². The van der Waals surface area contributed by atoms with Gasteiger partial charge in [-0.25, -0.2) is 8.42 Å². The summed E-state index contributed by atoms with van der Waals surface area (Å²) >= 11 is 6.26. The SMILES string of the molecule is CCS(=O)(=O)CCNC(=NC)N1CCN(c2ccccc2Cl)CC1. The van der Waals surface area contributed by atoms with Gasteiger partial charge in [-0.05, 0) is 12.1 Å². The number of nitrogens with zero attached hydrogens (tertiary/aromatic N) is 3. The number of anilines is 1. The van der Waals surface area contributed by atoms with E-state index in [1.54, 1.807) is 14.0 Å². The molecule has 0 spiro atoms. The van der Waals surface area contributed by atoms with Crippen LogP contribution in [0.15, 0.2) is 29.3 Å². The van der Waals surface area contributed by atoms with Crippen molar-refractivity contribution >= 4 is 33.1 Å². The highest BCUT2D eigenvalue weighted by Gasteiger charge is 2.21. The third kappa shape index (κ3) is 5.01. The Bertz CT molecular complexity index is 670. The number of benzene rings is 1. The Morgan fingerprint density at radius 2 is 1.92 bits per heavy atom. The van der Waals surface area contributed by atoms with E-state index in [1.807, 2.05) is 24.3 Å². The smallest absolute Gasteiger partial charge is 0.193 e. The number of aliphatic imine (C=N–C) groups is 1. The molecule has 0 amide bonds. The summed E-state index contributed by atoms with van der Waals surface area (Å²) in [5.41, 5.74) is 1.05. The predicted octanol–water partition coefficient (Wildman–Crippen LogP) is 1.47. The second-order valence-electron chi connectivity index (χ2n) is 5.64. The molecule has 6 nitrogen and oxygen atoms in total. The molecular formula is C16H25ClN4O2S. The zero-order valence-electron chi connectivity index (χ0n) is 14.2. The molecule has 1 N–H and O–H groups in total. The summed E-state index contributed by atoms with van der Waals surface area (Å²) in [7, 11) is -1.24. The lowest BCUT2D eigenvalue weighted by molar-refractivity contribution is 0.373. The minimum atomic E-state index is -2.96. The third-order valence-corrected chi connectivity index (χ3v) is 6.15. The molecule has 1 saturated heterocycles. The Morgan fingerprint density at radius 1 is 1.25 bits per heavy atom. The lowest BCUT2D eigenvalue weighted by Gasteiger charge is -2.38. The maximum absolute atomic E-state index is 11.6. The fourth-order valence-corrected chi connectivity index (χ4v) is 3.62. The van der Waals surface area contributed by atoms with Gasteiger partial charge in [0.15, 0.2) is 15.8 Å². The van der Waals surface area contributed by atoms with Crippen LogP contribution in [-0.2, 0) is 9.84 Å². The molecule has 1 aromatic carbocycles. The molecule has 0 bridgehead atoms. The van der Waals surface area contributed by atoms with Gasteiger partial charge in [-0.2, -0.15) is 0 Å². The number of piperazine rings is 1. The van der Waals surface area contributed by atoms with Gasteiger partial charge in [-0.3, -0.25) is 4.99 Å². The zero-order valence-corrected chi connectivity index (χ0v) is 15.8.